The lowest BCUT2D eigenvalue weighted by Crippen LogP contribution is -2.32. The van der Waals surface area contributed by atoms with Gasteiger partial charge in [-0.1, -0.05) is 18.9 Å². The topological polar surface area (TPSA) is 36.3 Å². The molecule has 0 aromatic carbocycles. The second-order valence-corrected chi connectivity index (χ2v) is 8.69. The summed E-state index contributed by atoms with van der Waals surface area (Å²) in [6, 6.07) is 9.35. The molecule has 150 valence electrons. The van der Waals surface area contributed by atoms with Crippen molar-refractivity contribution >= 4 is 17.3 Å². The average Bonchev–Trinajstić information content (AvgIpc) is 3.42. The van der Waals surface area contributed by atoms with Gasteiger partial charge in [0.1, 0.15) is 0 Å². The second kappa shape index (κ2) is 8.62. The molecule has 6 heteroatoms. The van der Waals surface area contributed by atoms with E-state index in [1.165, 1.54) is 31.2 Å². The summed E-state index contributed by atoms with van der Waals surface area (Å²) in [7, 11) is 4.24. The highest BCUT2D eigenvalue weighted by molar-refractivity contribution is 7.80. The SMILES string of the molecule is CN(C)CCCN1C(=S)N[C@H](c2ccccn2)[C@@H]1c1ccn(C2CCCC2)c1. The van der Waals surface area contributed by atoms with Crippen molar-refractivity contribution in [2.45, 2.75) is 50.2 Å². The molecule has 2 atom stereocenters. The molecule has 1 saturated carbocycles. The molecule has 0 spiro atoms. The minimum absolute atomic E-state index is 0.0903. The minimum Gasteiger partial charge on any atom is -0.352 e. The fraction of sp³-hybridized carbons (Fsp3) is 0.545. The lowest BCUT2D eigenvalue weighted by Gasteiger charge is -2.27. The fourth-order valence-corrected chi connectivity index (χ4v) is 4.93. The predicted molar refractivity (Wildman–Crippen MR) is 117 cm³/mol. The smallest absolute Gasteiger partial charge is 0.170 e. The van der Waals surface area contributed by atoms with Crippen LogP contribution in [0.3, 0.4) is 0 Å². The normalized spacial score (nSPS) is 23.0. The van der Waals surface area contributed by atoms with Crippen LogP contribution in [0, 0.1) is 0 Å². The number of pyridine rings is 1. The van der Waals surface area contributed by atoms with E-state index in [1.54, 1.807) is 0 Å². The van der Waals surface area contributed by atoms with Gasteiger partial charge in [0, 0.05) is 31.2 Å². The van der Waals surface area contributed by atoms with Crippen LogP contribution in [0.15, 0.2) is 42.9 Å². The lowest BCUT2D eigenvalue weighted by molar-refractivity contribution is 0.292. The quantitative estimate of drug-likeness (QED) is 0.717. The van der Waals surface area contributed by atoms with E-state index in [4.69, 9.17) is 12.2 Å². The van der Waals surface area contributed by atoms with Crippen molar-refractivity contribution in [1.29, 1.82) is 0 Å². The largest absolute Gasteiger partial charge is 0.352 e. The maximum absolute atomic E-state index is 5.75. The molecular formula is C22H31N5S. The summed E-state index contributed by atoms with van der Waals surface area (Å²) < 4.78 is 2.43. The van der Waals surface area contributed by atoms with Crippen LogP contribution in [0.5, 0.6) is 0 Å². The maximum atomic E-state index is 5.75. The Balaban J connectivity index is 1.61. The van der Waals surface area contributed by atoms with Crippen molar-refractivity contribution in [2.75, 3.05) is 27.2 Å². The van der Waals surface area contributed by atoms with Gasteiger partial charge in [0.05, 0.1) is 17.8 Å². The number of nitrogens with one attached hydrogen (secondary N) is 1. The van der Waals surface area contributed by atoms with Crippen LogP contribution < -0.4 is 5.32 Å². The summed E-state index contributed by atoms with van der Waals surface area (Å²) in [6.07, 6.45) is 12.9. The van der Waals surface area contributed by atoms with Crippen LogP contribution in [-0.2, 0) is 0 Å². The Bertz CT molecular complexity index is 781. The molecule has 0 bridgehead atoms. The highest BCUT2D eigenvalue weighted by Crippen LogP contribution is 2.40. The molecule has 1 saturated heterocycles. The fourth-order valence-electron chi connectivity index (χ4n) is 4.60. The zero-order valence-corrected chi connectivity index (χ0v) is 17.7. The summed E-state index contributed by atoms with van der Waals surface area (Å²) in [5.41, 5.74) is 2.39. The molecular weight excluding hydrogens is 366 g/mol. The van der Waals surface area contributed by atoms with Crippen LogP contribution in [0.25, 0.3) is 0 Å². The van der Waals surface area contributed by atoms with Gasteiger partial charge in [0.25, 0.3) is 0 Å². The molecule has 5 nitrogen and oxygen atoms in total. The number of hydrogen-bond donors (Lipinski definition) is 1. The number of nitrogens with zero attached hydrogens (tertiary/aromatic N) is 4. The van der Waals surface area contributed by atoms with Crippen molar-refractivity contribution < 1.29 is 0 Å². The third-order valence-electron chi connectivity index (χ3n) is 6.03. The standard InChI is InChI=1S/C22H31N5S/c1-25(2)13-7-14-27-21(17-11-15-26(16-17)18-8-3-4-9-18)20(24-22(27)28)19-10-5-6-12-23-19/h5-6,10-12,15-16,18,20-21H,3-4,7-9,13-14H2,1-2H3,(H,24,28)/t20-,21+/m1/s1. The van der Waals surface area contributed by atoms with Gasteiger partial charge < -0.3 is 19.7 Å². The van der Waals surface area contributed by atoms with Crippen LogP contribution in [0.1, 0.15) is 61.5 Å². The zero-order valence-electron chi connectivity index (χ0n) is 16.9. The molecule has 0 amide bonds. The second-order valence-electron chi connectivity index (χ2n) is 8.31. The van der Waals surface area contributed by atoms with E-state index in [2.05, 4.69) is 69.4 Å². The predicted octanol–water partition coefficient (Wildman–Crippen LogP) is 3.92. The molecule has 2 aromatic heterocycles. The maximum Gasteiger partial charge on any atom is 0.170 e. The van der Waals surface area contributed by atoms with Crippen LogP contribution in [-0.4, -0.2) is 51.6 Å². The first-order valence-electron chi connectivity index (χ1n) is 10.4. The van der Waals surface area contributed by atoms with Crippen molar-refractivity contribution in [3.05, 3.63) is 54.1 Å². The molecule has 1 aliphatic carbocycles. The number of hydrogen-bond acceptors (Lipinski definition) is 3. The van der Waals surface area contributed by atoms with Crippen LogP contribution in [0.2, 0.25) is 0 Å². The molecule has 1 N–H and O–H groups in total. The van der Waals surface area contributed by atoms with Crippen molar-refractivity contribution in [2.24, 2.45) is 0 Å². The van der Waals surface area contributed by atoms with Gasteiger partial charge in [-0.3, -0.25) is 4.98 Å². The Labute approximate surface area is 173 Å². The van der Waals surface area contributed by atoms with Gasteiger partial charge in [-0.2, -0.15) is 0 Å². The summed E-state index contributed by atoms with van der Waals surface area (Å²) in [5.74, 6) is 0. The van der Waals surface area contributed by atoms with E-state index in [-0.39, 0.29) is 12.1 Å². The van der Waals surface area contributed by atoms with Gasteiger partial charge in [0.15, 0.2) is 5.11 Å². The summed E-state index contributed by atoms with van der Waals surface area (Å²) in [4.78, 5) is 9.23. The first-order chi connectivity index (χ1) is 13.6. The van der Waals surface area contributed by atoms with Gasteiger partial charge >= 0.3 is 0 Å². The first-order valence-corrected chi connectivity index (χ1v) is 10.8. The summed E-state index contributed by atoms with van der Waals surface area (Å²) >= 11 is 5.75. The molecule has 0 radical (unpaired) electrons. The molecule has 1 aliphatic heterocycles. The molecule has 4 rings (SSSR count). The third kappa shape index (κ3) is 4.08. The minimum atomic E-state index is 0.0903. The van der Waals surface area contributed by atoms with Crippen molar-refractivity contribution in [3.63, 3.8) is 0 Å². The summed E-state index contributed by atoms with van der Waals surface area (Å²) in [6.45, 7) is 2.01. The Morgan fingerprint density at radius 3 is 2.75 bits per heavy atom. The van der Waals surface area contributed by atoms with E-state index < -0.39 is 0 Å². The summed E-state index contributed by atoms with van der Waals surface area (Å²) in [5, 5.41) is 4.40. The molecule has 2 aliphatic rings. The first kappa shape index (κ1) is 19.4. The number of rotatable bonds is 7. The number of thiocarbonyl (C=S) groups is 1. The Hall–Kier alpha value is -1.92. The van der Waals surface area contributed by atoms with E-state index in [0.717, 1.165) is 30.3 Å². The molecule has 28 heavy (non-hydrogen) atoms. The molecule has 0 unspecified atom stereocenters. The average molecular weight is 398 g/mol. The van der Waals surface area contributed by atoms with Crippen molar-refractivity contribution in [1.82, 2.24) is 24.7 Å². The van der Waals surface area contributed by atoms with Gasteiger partial charge in [-0.25, -0.2) is 0 Å². The van der Waals surface area contributed by atoms with Gasteiger partial charge in [-0.15, -0.1) is 0 Å². The molecule has 3 heterocycles. The monoisotopic (exact) mass is 397 g/mol. The third-order valence-corrected chi connectivity index (χ3v) is 6.38. The Morgan fingerprint density at radius 1 is 1.21 bits per heavy atom. The molecule has 2 fully saturated rings. The van der Waals surface area contributed by atoms with Crippen LogP contribution >= 0.6 is 12.2 Å². The van der Waals surface area contributed by atoms with Gasteiger partial charge in [-0.05, 0) is 75.9 Å². The van der Waals surface area contributed by atoms with E-state index in [1.807, 2.05) is 12.3 Å². The van der Waals surface area contributed by atoms with Crippen LogP contribution in [0.4, 0.5) is 0 Å². The highest BCUT2D eigenvalue weighted by Gasteiger charge is 2.40. The zero-order chi connectivity index (χ0) is 19.5. The van der Waals surface area contributed by atoms with Crippen molar-refractivity contribution in [3.8, 4) is 0 Å². The Morgan fingerprint density at radius 2 is 2.04 bits per heavy atom. The molecule has 2 aromatic rings. The lowest BCUT2D eigenvalue weighted by atomic mass is 9.99. The van der Waals surface area contributed by atoms with E-state index in [9.17, 15) is 0 Å². The van der Waals surface area contributed by atoms with E-state index in [0.29, 0.717) is 6.04 Å². The Kier molecular flexibility index (Phi) is 5.97. The van der Waals surface area contributed by atoms with E-state index >= 15 is 0 Å². The number of aromatic nitrogens is 2. The highest BCUT2D eigenvalue weighted by atomic mass is 32.1. The van der Waals surface area contributed by atoms with Gasteiger partial charge in [0.2, 0.25) is 0 Å².